The van der Waals surface area contributed by atoms with Crippen molar-refractivity contribution in [1.82, 2.24) is 14.2 Å². The molecule has 3 rings (SSSR count). The fraction of sp³-hybridized carbons (Fsp3) is 0.529. The number of rotatable bonds is 2. The van der Waals surface area contributed by atoms with Gasteiger partial charge >= 0.3 is 6.09 Å². The maximum Gasteiger partial charge on any atom is 0.410 e. The SMILES string of the molecule is Cc1cccc(SN2CC3=C(C2)CN(C(=O)OC(C)(C)C)C3)n1. The molecule has 0 aromatic carbocycles. The Kier molecular flexibility index (Phi) is 4.38. The minimum atomic E-state index is -0.442. The molecule has 0 atom stereocenters. The number of pyridine rings is 1. The van der Waals surface area contributed by atoms with E-state index in [-0.39, 0.29) is 6.09 Å². The molecule has 0 radical (unpaired) electrons. The molecule has 1 amide bonds. The molecule has 2 aliphatic heterocycles. The molecule has 23 heavy (non-hydrogen) atoms. The van der Waals surface area contributed by atoms with Gasteiger partial charge in [-0.25, -0.2) is 14.1 Å². The summed E-state index contributed by atoms with van der Waals surface area (Å²) in [5.74, 6) is 0. The summed E-state index contributed by atoms with van der Waals surface area (Å²) in [5, 5.41) is 1.02. The molecular weight excluding hydrogens is 310 g/mol. The molecule has 3 heterocycles. The first-order valence-corrected chi connectivity index (χ1v) is 8.62. The van der Waals surface area contributed by atoms with Crippen LogP contribution in [0.15, 0.2) is 34.4 Å². The maximum atomic E-state index is 12.2. The third-order valence-electron chi connectivity index (χ3n) is 3.73. The topological polar surface area (TPSA) is 45.7 Å². The van der Waals surface area contributed by atoms with Crippen molar-refractivity contribution in [3.63, 3.8) is 0 Å². The third kappa shape index (κ3) is 4.06. The van der Waals surface area contributed by atoms with Crippen molar-refractivity contribution < 1.29 is 9.53 Å². The van der Waals surface area contributed by atoms with Crippen LogP contribution in [-0.4, -0.2) is 52.1 Å². The summed E-state index contributed by atoms with van der Waals surface area (Å²) in [5.41, 5.74) is 3.28. The van der Waals surface area contributed by atoms with Crippen LogP contribution in [0.4, 0.5) is 4.79 Å². The maximum absolute atomic E-state index is 12.2. The second-order valence-corrected chi connectivity index (χ2v) is 8.17. The Morgan fingerprint density at radius 3 is 2.39 bits per heavy atom. The molecule has 0 fully saturated rings. The normalized spacial score (nSPS) is 18.5. The molecule has 0 spiro atoms. The molecule has 124 valence electrons. The smallest absolute Gasteiger partial charge is 0.410 e. The fourth-order valence-corrected chi connectivity index (χ4v) is 3.80. The van der Waals surface area contributed by atoms with Crippen LogP contribution in [0.2, 0.25) is 0 Å². The van der Waals surface area contributed by atoms with Crippen LogP contribution in [0.25, 0.3) is 0 Å². The molecule has 0 N–H and O–H groups in total. The highest BCUT2D eigenvalue weighted by Gasteiger charge is 2.34. The first kappa shape index (κ1) is 16.3. The standard InChI is InChI=1S/C17H23N3O2S/c1-12-6-5-7-15(18-12)23-20-10-13-8-19(9-14(13)11-20)16(21)22-17(2,3)4/h5-7H,8-11H2,1-4H3. The molecule has 5 nitrogen and oxygen atoms in total. The Labute approximate surface area is 141 Å². The van der Waals surface area contributed by atoms with Crippen molar-refractivity contribution >= 4 is 18.0 Å². The van der Waals surface area contributed by atoms with Gasteiger partial charge in [-0.1, -0.05) is 6.07 Å². The van der Waals surface area contributed by atoms with Crippen LogP contribution in [0.1, 0.15) is 26.5 Å². The van der Waals surface area contributed by atoms with E-state index in [2.05, 4.69) is 9.29 Å². The van der Waals surface area contributed by atoms with E-state index in [4.69, 9.17) is 4.74 Å². The Balaban J connectivity index is 1.53. The van der Waals surface area contributed by atoms with Crippen LogP contribution < -0.4 is 0 Å². The van der Waals surface area contributed by atoms with Crippen molar-refractivity contribution in [1.29, 1.82) is 0 Å². The van der Waals surface area contributed by atoms with Crippen LogP contribution >= 0.6 is 11.9 Å². The predicted octanol–water partition coefficient (Wildman–Crippen LogP) is 3.26. The molecule has 1 aromatic heterocycles. The number of ether oxygens (including phenoxy) is 1. The van der Waals surface area contributed by atoms with Gasteiger partial charge in [0.2, 0.25) is 0 Å². The average Bonchev–Trinajstić information content (AvgIpc) is 2.94. The quantitative estimate of drug-likeness (QED) is 0.614. The van der Waals surface area contributed by atoms with Crippen molar-refractivity contribution in [2.75, 3.05) is 26.2 Å². The fourth-order valence-electron chi connectivity index (χ4n) is 2.77. The number of carbonyl (C=O) groups is 1. The van der Waals surface area contributed by atoms with Gasteiger partial charge in [0, 0.05) is 31.9 Å². The summed E-state index contributed by atoms with van der Waals surface area (Å²) >= 11 is 1.69. The van der Waals surface area contributed by atoms with Crippen LogP contribution in [0, 0.1) is 6.92 Å². The van der Waals surface area contributed by atoms with Gasteiger partial charge in [-0.05, 0) is 62.9 Å². The average molecular weight is 333 g/mol. The summed E-state index contributed by atoms with van der Waals surface area (Å²) in [4.78, 5) is 18.5. The van der Waals surface area contributed by atoms with Gasteiger partial charge in [0.15, 0.2) is 0 Å². The first-order valence-electron chi connectivity index (χ1n) is 7.84. The van der Waals surface area contributed by atoms with Crippen molar-refractivity contribution in [3.8, 4) is 0 Å². The number of aryl methyl sites for hydroxylation is 1. The zero-order chi connectivity index (χ0) is 16.6. The molecule has 0 saturated carbocycles. The predicted molar refractivity (Wildman–Crippen MR) is 91.2 cm³/mol. The van der Waals surface area contributed by atoms with E-state index in [1.54, 1.807) is 16.8 Å². The number of aromatic nitrogens is 1. The van der Waals surface area contributed by atoms with Gasteiger partial charge in [-0.3, -0.25) is 0 Å². The Bertz CT molecular complexity index is 633. The van der Waals surface area contributed by atoms with E-state index in [0.717, 1.165) is 23.8 Å². The molecule has 0 saturated heterocycles. The second-order valence-electron chi connectivity index (χ2n) is 7.05. The van der Waals surface area contributed by atoms with Crippen LogP contribution in [0.3, 0.4) is 0 Å². The van der Waals surface area contributed by atoms with E-state index in [0.29, 0.717) is 13.1 Å². The Morgan fingerprint density at radius 2 is 1.83 bits per heavy atom. The van der Waals surface area contributed by atoms with E-state index in [1.165, 1.54) is 11.1 Å². The number of hydrogen-bond donors (Lipinski definition) is 0. The van der Waals surface area contributed by atoms with Gasteiger partial charge in [0.25, 0.3) is 0 Å². The molecule has 2 aliphatic rings. The highest BCUT2D eigenvalue weighted by atomic mass is 32.2. The Hall–Kier alpha value is -1.53. The minimum Gasteiger partial charge on any atom is -0.444 e. The largest absolute Gasteiger partial charge is 0.444 e. The van der Waals surface area contributed by atoms with Gasteiger partial charge in [0.1, 0.15) is 10.6 Å². The zero-order valence-corrected chi connectivity index (χ0v) is 14.9. The lowest BCUT2D eigenvalue weighted by Crippen LogP contribution is -2.37. The van der Waals surface area contributed by atoms with Gasteiger partial charge in [0.05, 0.1) is 0 Å². The molecule has 6 heteroatoms. The van der Waals surface area contributed by atoms with Gasteiger partial charge in [-0.15, -0.1) is 0 Å². The van der Waals surface area contributed by atoms with Crippen LogP contribution in [0.5, 0.6) is 0 Å². The molecule has 0 bridgehead atoms. The van der Waals surface area contributed by atoms with E-state index >= 15 is 0 Å². The van der Waals surface area contributed by atoms with E-state index < -0.39 is 5.60 Å². The number of carbonyl (C=O) groups excluding carboxylic acids is 1. The van der Waals surface area contributed by atoms with Gasteiger partial charge in [-0.2, -0.15) is 0 Å². The van der Waals surface area contributed by atoms with Gasteiger partial charge < -0.3 is 9.64 Å². The van der Waals surface area contributed by atoms with Crippen molar-refractivity contribution in [3.05, 3.63) is 35.0 Å². The summed E-state index contributed by atoms with van der Waals surface area (Å²) < 4.78 is 7.76. The highest BCUT2D eigenvalue weighted by molar-refractivity contribution is 7.97. The van der Waals surface area contributed by atoms with Crippen molar-refractivity contribution in [2.24, 2.45) is 0 Å². The Morgan fingerprint density at radius 1 is 1.17 bits per heavy atom. The lowest BCUT2D eigenvalue weighted by molar-refractivity contribution is 0.0295. The lowest BCUT2D eigenvalue weighted by Gasteiger charge is -2.26. The lowest BCUT2D eigenvalue weighted by atomic mass is 10.2. The summed E-state index contributed by atoms with van der Waals surface area (Å²) in [6.07, 6.45) is -0.216. The molecule has 1 aromatic rings. The molecule has 0 aliphatic carbocycles. The summed E-state index contributed by atoms with van der Waals surface area (Å²) in [6.45, 7) is 10.8. The number of amides is 1. The van der Waals surface area contributed by atoms with Crippen molar-refractivity contribution in [2.45, 2.75) is 38.3 Å². The first-order chi connectivity index (χ1) is 10.8. The minimum absolute atomic E-state index is 0.216. The van der Waals surface area contributed by atoms with E-state index in [1.807, 2.05) is 45.9 Å². The number of hydrogen-bond acceptors (Lipinski definition) is 5. The second kappa shape index (κ2) is 6.17. The molecule has 0 unspecified atom stereocenters. The highest BCUT2D eigenvalue weighted by Crippen LogP contribution is 2.33. The summed E-state index contributed by atoms with van der Waals surface area (Å²) in [7, 11) is 0. The van der Waals surface area contributed by atoms with E-state index in [9.17, 15) is 4.79 Å². The third-order valence-corrected chi connectivity index (χ3v) is 4.67. The molecular formula is C17H23N3O2S. The number of nitrogens with zero attached hydrogens (tertiary/aromatic N) is 3. The zero-order valence-electron chi connectivity index (χ0n) is 14.1. The monoisotopic (exact) mass is 333 g/mol. The van der Waals surface area contributed by atoms with Crippen LogP contribution in [-0.2, 0) is 4.74 Å². The summed E-state index contributed by atoms with van der Waals surface area (Å²) in [6, 6.07) is 6.07.